The summed E-state index contributed by atoms with van der Waals surface area (Å²) in [6, 6.07) is 5.02. The molecule has 1 aliphatic carbocycles. The molecule has 0 aromatic heterocycles. The molecule has 10 heteroatoms. The van der Waals surface area contributed by atoms with Crippen molar-refractivity contribution in [3.05, 3.63) is 34.6 Å². The lowest BCUT2D eigenvalue weighted by atomic mass is 10.1. The normalized spacial score (nSPS) is 23.4. The van der Waals surface area contributed by atoms with E-state index in [2.05, 4.69) is 15.6 Å². The molecule has 2 fully saturated rings. The summed E-state index contributed by atoms with van der Waals surface area (Å²) in [5.74, 6) is 0.596. The SMILES string of the molecule is CCN=C(NC1CCN(S(=O)(=O)CC)CC1)NC1CC1c1c(F)cccc1Cl.I. The Bertz CT molecular complexity index is 811. The van der Waals surface area contributed by atoms with Crippen LogP contribution in [0.2, 0.25) is 5.02 Å². The Balaban J connectivity index is 0.00000300. The molecular formula is C19H29ClFIN4O2S. The Kier molecular flexibility index (Phi) is 8.99. The number of piperidine rings is 1. The molecule has 1 saturated carbocycles. The van der Waals surface area contributed by atoms with Gasteiger partial charge < -0.3 is 10.6 Å². The van der Waals surface area contributed by atoms with E-state index in [1.807, 2.05) is 6.92 Å². The number of nitrogens with zero attached hydrogens (tertiary/aromatic N) is 2. The summed E-state index contributed by atoms with van der Waals surface area (Å²) in [4.78, 5) is 4.49. The van der Waals surface area contributed by atoms with Crippen molar-refractivity contribution >= 4 is 51.6 Å². The van der Waals surface area contributed by atoms with Crippen LogP contribution in [0, 0.1) is 5.82 Å². The standard InChI is InChI=1S/C19H28ClFN4O2S.HI/c1-3-22-19(23-13-8-10-25(11-9-13)28(26,27)4-2)24-17-12-14(17)18-15(20)6-5-7-16(18)21;/h5-7,13-14,17H,3-4,8-12H2,1-2H3,(H2,22,23,24);1H. The van der Waals surface area contributed by atoms with Crippen molar-refractivity contribution in [3.63, 3.8) is 0 Å². The number of aliphatic imine (C=N–C) groups is 1. The van der Waals surface area contributed by atoms with E-state index in [0.29, 0.717) is 36.2 Å². The summed E-state index contributed by atoms with van der Waals surface area (Å²) in [6.45, 7) is 5.28. The Morgan fingerprint density at radius 1 is 1.28 bits per heavy atom. The van der Waals surface area contributed by atoms with Gasteiger partial charge in [-0.15, -0.1) is 24.0 Å². The number of halogens is 3. The molecule has 0 bridgehead atoms. The molecule has 164 valence electrons. The Hall–Kier alpha value is -0.650. The number of hydrogen-bond donors (Lipinski definition) is 2. The van der Waals surface area contributed by atoms with Crippen molar-refractivity contribution in [3.8, 4) is 0 Å². The molecule has 2 aliphatic rings. The van der Waals surface area contributed by atoms with Gasteiger partial charge in [0.2, 0.25) is 10.0 Å². The van der Waals surface area contributed by atoms with Gasteiger partial charge in [0.1, 0.15) is 5.82 Å². The maximum Gasteiger partial charge on any atom is 0.213 e. The quantitative estimate of drug-likeness (QED) is 0.319. The smallest absolute Gasteiger partial charge is 0.213 e. The topological polar surface area (TPSA) is 73.8 Å². The Labute approximate surface area is 194 Å². The van der Waals surface area contributed by atoms with Gasteiger partial charge in [0, 0.05) is 48.2 Å². The monoisotopic (exact) mass is 558 g/mol. The van der Waals surface area contributed by atoms with Crippen LogP contribution in [0.15, 0.2) is 23.2 Å². The van der Waals surface area contributed by atoms with Crippen LogP contribution in [0.4, 0.5) is 4.39 Å². The molecule has 0 amide bonds. The van der Waals surface area contributed by atoms with Crippen LogP contribution >= 0.6 is 35.6 Å². The van der Waals surface area contributed by atoms with Crippen molar-refractivity contribution in [2.75, 3.05) is 25.4 Å². The van der Waals surface area contributed by atoms with Gasteiger partial charge in [-0.2, -0.15) is 0 Å². The van der Waals surface area contributed by atoms with E-state index in [9.17, 15) is 12.8 Å². The van der Waals surface area contributed by atoms with Crippen molar-refractivity contribution < 1.29 is 12.8 Å². The van der Waals surface area contributed by atoms with E-state index in [1.54, 1.807) is 23.4 Å². The lowest BCUT2D eigenvalue weighted by molar-refractivity contribution is 0.306. The second-order valence-corrected chi connectivity index (χ2v) is 9.93. The van der Waals surface area contributed by atoms with Crippen LogP contribution in [0.1, 0.15) is 44.6 Å². The molecular weight excluding hydrogens is 530 g/mol. The van der Waals surface area contributed by atoms with E-state index >= 15 is 0 Å². The van der Waals surface area contributed by atoms with Gasteiger partial charge in [-0.05, 0) is 45.2 Å². The molecule has 29 heavy (non-hydrogen) atoms. The van der Waals surface area contributed by atoms with Gasteiger partial charge in [0.25, 0.3) is 0 Å². The first-order valence-corrected chi connectivity index (χ1v) is 11.8. The van der Waals surface area contributed by atoms with E-state index in [4.69, 9.17) is 11.6 Å². The molecule has 1 heterocycles. The molecule has 6 nitrogen and oxygen atoms in total. The fourth-order valence-electron chi connectivity index (χ4n) is 3.66. The predicted molar refractivity (Wildman–Crippen MR) is 126 cm³/mol. The predicted octanol–water partition coefficient (Wildman–Crippen LogP) is 3.32. The van der Waals surface area contributed by atoms with Crippen LogP contribution in [-0.4, -0.2) is 56.2 Å². The van der Waals surface area contributed by atoms with Crippen LogP contribution in [0.3, 0.4) is 0 Å². The molecule has 1 saturated heterocycles. The zero-order valence-electron chi connectivity index (χ0n) is 16.7. The maximum absolute atomic E-state index is 14.1. The second kappa shape index (κ2) is 10.6. The van der Waals surface area contributed by atoms with Crippen molar-refractivity contribution in [2.45, 2.75) is 51.1 Å². The minimum absolute atomic E-state index is 0. The third-order valence-corrected chi connectivity index (χ3v) is 7.56. The molecule has 1 aromatic rings. The molecule has 2 atom stereocenters. The number of hydrogen-bond acceptors (Lipinski definition) is 3. The fraction of sp³-hybridized carbons (Fsp3) is 0.632. The third-order valence-electron chi connectivity index (χ3n) is 5.35. The Morgan fingerprint density at radius 2 is 1.97 bits per heavy atom. The third kappa shape index (κ3) is 6.18. The summed E-state index contributed by atoms with van der Waals surface area (Å²) in [7, 11) is -3.13. The molecule has 2 unspecified atom stereocenters. The minimum Gasteiger partial charge on any atom is -0.354 e. The number of guanidine groups is 1. The summed E-state index contributed by atoms with van der Waals surface area (Å²) < 4.78 is 39.7. The minimum atomic E-state index is -3.13. The highest BCUT2D eigenvalue weighted by molar-refractivity contribution is 14.0. The zero-order valence-corrected chi connectivity index (χ0v) is 20.6. The van der Waals surface area contributed by atoms with Gasteiger partial charge in [-0.3, -0.25) is 4.99 Å². The summed E-state index contributed by atoms with van der Waals surface area (Å²) in [6.07, 6.45) is 2.27. The molecule has 1 aliphatic heterocycles. The van der Waals surface area contributed by atoms with Crippen LogP contribution in [0.25, 0.3) is 0 Å². The van der Waals surface area contributed by atoms with Gasteiger partial charge in [0.05, 0.1) is 5.75 Å². The number of sulfonamides is 1. The van der Waals surface area contributed by atoms with E-state index in [1.165, 1.54) is 6.07 Å². The van der Waals surface area contributed by atoms with Gasteiger partial charge in [0.15, 0.2) is 5.96 Å². The van der Waals surface area contributed by atoms with E-state index in [-0.39, 0.29) is 53.5 Å². The van der Waals surface area contributed by atoms with E-state index < -0.39 is 10.0 Å². The second-order valence-electron chi connectivity index (χ2n) is 7.27. The van der Waals surface area contributed by atoms with Crippen molar-refractivity contribution in [1.82, 2.24) is 14.9 Å². The highest BCUT2D eigenvalue weighted by Gasteiger charge is 2.42. The number of nitrogens with one attached hydrogen (secondary N) is 2. The zero-order chi connectivity index (χ0) is 20.3. The molecule has 0 radical (unpaired) electrons. The summed E-state index contributed by atoms with van der Waals surface area (Å²) in [5.41, 5.74) is 0.565. The first kappa shape index (κ1) is 24.6. The Morgan fingerprint density at radius 3 is 2.55 bits per heavy atom. The fourth-order valence-corrected chi connectivity index (χ4v) is 5.09. The molecule has 2 N–H and O–H groups in total. The molecule has 3 rings (SSSR count). The average molecular weight is 559 g/mol. The lowest BCUT2D eigenvalue weighted by Crippen LogP contribution is -2.50. The summed E-state index contributed by atoms with van der Waals surface area (Å²) >= 11 is 6.18. The number of rotatable bonds is 6. The van der Waals surface area contributed by atoms with Gasteiger partial charge in [-0.25, -0.2) is 17.1 Å². The first-order chi connectivity index (χ1) is 13.4. The lowest BCUT2D eigenvalue weighted by Gasteiger charge is -2.32. The number of benzene rings is 1. The van der Waals surface area contributed by atoms with Crippen LogP contribution in [0.5, 0.6) is 0 Å². The van der Waals surface area contributed by atoms with Crippen molar-refractivity contribution in [2.24, 2.45) is 4.99 Å². The largest absolute Gasteiger partial charge is 0.354 e. The highest BCUT2D eigenvalue weighted by Crippen LogP contribution is 2.44. The van der Waals surface area contributed by atoms with Gasteiger partial charge >= 0.3 is 0 Å². The summed E-state index contributed by atoms with van der Waals surface area (Å²) in [5, 5.41) is 7.25. The van der Waals surface area contributed by atoms with Gasteiger partial charge in [-0.1, -0.05) is 17.7 Å². The highest BCUT2D eigenvalue weighted by atomic mass is 127. The first-order valence-electron chi connectivity index (χ1n) is 9.85. The maximum atomic E-state index is 14.1. The van der Waals surface area contributed by atoms with Crippen LogP contribution < -0.4 is 10.6 Å². The van der Waals surface area contributed by atoms with Crippen molar-refractivity contribution in [1.29, 1.82) is 0 Å². The van der Waals surface area contributed by atoms with E-state index in [0.717, 1.165) is 19.3 Å². The molecule has 0 spiro atoms. The molecule has 1 aromatic carbocycles. The van der Waals surface area contributed by atoms with Crippen LogP contribution in [-0.2, 0) is 10.0 Å². The average Bonchev–Trinajstić information content (AvgIpc) is 3.40.